The van der Waals surface area contributed by atoms with Crippen molar-refractivity contribution in [3.63, 3.8) is 0 Å². The average Bonchev–Trinajstić information content (AvgIpc) is 2.55. The highest BCUT2D eigenvalue weighted by atomic mass is 32.1. The van der Waals surface area contributed by atoms with Gasteiger partial charge in [-0.2, -0.15) is 0 Å². The van der Waals surface area contributed by atoms with Gasteiger partial charge in [0.05, 0.1) is 0 Å². The maximum atomic E-state index is 11.1. The topological polar surface area (TPSA) is 54.6 Å². The molecule has 1 rings (SSSR count). The van der Waals surface area contributed by atoms with E-state index in [0.29, 0.717) is 4.88 Å². The third-order valence-corrected chi connectivity index (χ3v) is 3.37. The van der Waals surface area contributed by atoms with E-state index in [1.807, 2.05) is 25.3 Å². The molecule has 0 aliphatic carbocycles. The molecule has 0 saturated carbocycles. The molecule has 0 amide bonds. The van der Waals surface area contributed by atoms with Gasteiger partial charge in [-0.1, -0.05) is 25.2 Å². The van der Waals surface area contributed by atoms with E-state index in [1.165, 1.54) is 11.3 Å². The van der Waals surface area contributed by atoms with Crippen LogP contribution in [0.1, 0.15) is 42.1 Å². The van der Waals surface area contributed by atoms with E-state index >= 15 is 0 Å². The highest BCUT2D eigenvalue weighted by molar-refractivity contribution is 7.11. The Balaban J connectivity index is 3.55. The van der Waals surface area contributed by atoms with E-state index in [1.54, 1.807) is 7.05 Å². The zero-order chi connectivity index (χ0) is 11.6. The summed E-state index contributed by atoms with van der Waals surface area (Å²) in [5.41, 5.74) is 0.871. The van der Waals surface area contributed by atoms with Crippen LogP contribution < -0.4 is 4.80 Å². The normalized spacial score (nSPS) is 12.5. The Labute approximate surface area is 92.9 Å². The largest absolute Gasteiger partial charge is 0.477 e. The Morgan fingerprint density at radius 3 is 2.53 bits per heavy atom. The summed E-state index contributed by atoms with van der Waals surface area (Å²) in [5.74, 6) is -0.663. The number of aromatic nitrogens is 1. The standard InChI is InChI=1S/C10H16N2O2S/c1-5-12-7(6(2)3)8(9(13)14)15-10(12)11-4/h6H,5H2,1-4H3,(H,13,14). The summed E-state index contributed by atoms with van der Waals surface area (Å²) < 4.78 is 1.97. The fourth-order valence-corrected chi connectivity index (χ4v) is 2.77. The second kappa shape index (κ2) is 4.61. The van der Waals surface area contributed by atoms with Crippen molar-refractivity contribution < 1.29 is 9.90 Å². The van der Waals surface area contributed by atoms with Gasteiger partial charge in [-0.05, 0) is 12.8 Å². The molecule has 4 nitrogen and oxygen atoms in total. The fraction of sp³-hybridized carbons (Fsp3) is 0.600. The molecule has 0 atom stereocenters. The Morgan fingerprint density at radius 1 is 1.60 bits per heavy atom. The molecule has 5 heteroatoms. The van der Waals surface area contributed by atoms with Crippen LogP contribution in [0, 0.1) is 0 Å². The number of carbonyl (C=O) groups is 1. The van der Waals surface area contributed by atoms with Crippen molar-refractivity contribution >= 4 is 17.3 Å². The molecule has 0 spiro atoms. The molecule has 1 aromatic rings. The van der Waals surface area contributed by atoms with Gasteiger partial charge in [-0.15, -0.1) is 0 Å². The van der Waals surface area contributed by atoms with Gasteiger partial charge >= 0.3 is 5.97 Å². The van der Waals surface area contributed by atoms with Crippen LogP contribution in [0.25, 0.3) is 0 Å². The summed E-state index contributed by atoms with van der Waals surface area (Å²) in [4.78, 5) is 16.4. The number of nitrogens with zero attached hydrogens (tertiary/aromatic N) is 2. The third-order valence-electron chi connectivity index (χ3n) is 2.20. The smallest absolute Gasteiger partial charge is 0.347 e. The monoisotopic (exact) mass is 228 g/mol. The minimum absolute atomic E-state index is 0.197. The lowest BCUT2D eigenvalue weighted by molar-refractivity contribution is 0.0700. The fourth-order valence-electron chi connectivity index (χ4n) is 1.62. The van der Waals surface area contributed by atoms with Crippen molar-refractivity contribution in [2.75, 3.05) is 7.05 Å². The summed E-state index contributed by atoms with van der Waals surface area (Å²) >= 11 is 1.24. The predicted molar refractivity (Wildman–Crippen MR) is 60.5 cm³/mol. The van der Waals surface area contributed by atoms with Crippen molar-refractivity contribution in [3.8, 4) is 0 Å². The third kappa shape index (κ3) is 2.12. The van der Waals surface area contributed by atoms with Crippen molar-refractivity contribution in [1.29, 1.82) is 0 Å². The zero-order valence-electron chi connectivity index (χ0n) is 9.44. The molecular weight excluding hydrogens is 212 g/mol. The maximum Gasteiger partial charge on any atom is 0.347 e. The van der Waals surface area contributed by atoms with Gasteiger partial charge in [0.15, 0.2) is 4.80 Å². The second-order valence-electron chi connectivity index (χ2n) is 3.53. The Hall–Kier alpha value is -1.10. The van der Waals surface area contributed by atoms with E-state index in [-0.39, 0.29) is 5.92 Å². The lowest BCUT2D eigenvalue weighted by Crippen LogP contribution is -2.17. The minimum Gasteiger partial charge on any atom is -0.477 e. The lowest BCUT2D eigenvalue weighted by Gasteiger charge is -2.09. The molecule has 0 radical (unpaired) electrons. The lowest BCUT2D eigenvalue weighted by atomic mass is 10.1. The number of carboxylic acid groups (broad SMARTS) is 1. The van der Waals surface area contributed by atoms with Gasteiger partial charge < -0.3 is 9.67 Å². The number of hydrogen-bond donors (Lipinski definition) is 1. The quantitative estimate of drug-likeness (QED) is 0.859. The number of hydrogen-bond acceptors (Lipinski definition) is 3. The Morgan fingerprint density at radius 2 is 2.20 bits per heavy atom. The highest BCUT2D eigenvalue weighted by Crippen LogP contribution is 2.21. The molecule has 0 aliphatic heterocycles. The first-order valence-corrected chi connectivity index (χ1v) is 5.74. The van der Waals surface area contributed by atoms with Gasteiger partial charge in [0.2, 0.25) is 0 Å². The minimum atomic E-state index is -0.860. The summed E-state index contributed by atoms with van der Waals surface area (Å²) in [5, 5.41) is 9.10. The van der Waals surface area contributed by atoms with E-state index < -0.39 is 5.97 Å². The number of aromatic carboxylic acids is 1. The van der Waals surface area contributed by atoms with Gasteiger partial charge in [-0.3, -0.25) is 4.99 Å². The number of rotatable bonds is 3. The van der Waals surface area contributed by atoms with Crippen LogP contribution in [0.15, 0.2) is 4.99 Å². The average molecular weight is 228 g/mol. The van der Waals surface area contributed by atoms with Crippen LogP contribution in [-0.4, -0.2) is 22.7 Å². The molecule has 84 valence electrons. The summed E-state index contributed by atoms with van der Waals surface area (Å²) in [6.07, 6.45) is 0. The molecule has 0 fully saturated rings. The van der Waals surface area contributed by atoms with Crippen molar-refractivity contribution in [1.82, 2.24) is 4.57 Å². The van der Waals surface area contributed by atoms with Crippen molar-refractivity contribution in [2.45, 2.75) is 33.2 Å². The van der Waals surface area contributed by atoms with Gasteiger partial charge in [-0.25, -0.2) is 4.79 Å². The van der Waals surface area contributed by atoms with Crippen molar-refractivity contribution in [2.24, 2.45) is 4.99 Å². The van der Waals surface area contributed by atoms with E-state index in [9.17, 15) is 4.79 Å². The Bertz CT molecular complexity index is 429. The molecule has 15 heavy (non-hydrogen) atoms. The van der Waals surface area contributed by atoms with Gasteiger partial charge in [0.1, 0.15) is 4.88 Å². The van der Waals surface area contributed by atoms with E-state index in [2.05, 4.69) is 4.99 Å². The maximum absolute atomic E-state index is 11.1. The molecule has 0 bridgehead atoms. The molecule has 1 heterocycles. The molecular formula is C10H16N2O2S. The second-order valence-corrected chi connectivity index (χ2v) is 4.50. The van der Waals surface area contributed by atoms with Crippen LogP contribution in [0.4, 0.5) is 0 Å². The molecule has 1 aromatic heterocycles. The summed E-state index contributed by atoms with van der Waals surface area (Å²) in [7, 11) is 1.69. The zero-order valence-corrected chi connectivity index (χ0v) is 10.3. The first-order valence-electron chi connectivity index (χ1n) is 4.92. The number of carboxylic acids is 1. The first kappa shape index (κ1) is 12.0. The molecule has 0 aromatic carbocycles. The summed E-state index contributed by atoms with van der Waals surface area (Å²) in [6, 6.07) is 0. The van der Waals surface area contributed by atoms with Crippen LogP contribution >= 0.6 is 11.3 Å². The number of thiazole rings is 1. The molecule has 0 unspecified atom stereocenters. The van der Waals surface area contributed by atoms with E-state index in [4.69, 9.17) is 5.11 Å². The Kier molecular flexibility index (Phi) is 3.68. The van der Waals surface area contributed by atoms with Crippen LogP contribution in [-0.2, 0) is 6.54 Å². The SMILES string of the molecule is CCn1c(C(C)C)c(C(=O)O)sc1=NC. The summed E-state index contributed by atoms with van der Waals surface area (Å²) in [6.45, 7) is 6.75. The molecule has 1 N–H and O–H groups in total. The first-order chi connectivity index (χ1) is 7.02. The molecule has 0 aliphatic rings. The molecule has 0 saturated heterocycles. The van der Waals surface area contributed by atoms with E-state index in [0.717, 1.165) is 17.0 Å². The predicted octanol–water partition coefficient (Wildman–Crippen LogP) is 1.92. The van der Waals surface area contributed by atoms with Crippen LogP contribution in [0.3, 0.4) is 0 Å². The van der Waals surface area contributed by atoms with Crippen molar-refractivity contribution in [3.05, 3.63) is 15.4 Å². The highest BCUT2D eigenvalue weighted by Gasteiger charge is 2.20. The van der Waals surface area contributed by atoms with Gasteiger partial charge in [0.25, 0.3) is 0 Å². The van der Waals surface area contributed by atoms with Gasteiger partial charge in [0, 0.05) is 19.3 Å². The van der Waals surface area contributed by atoms with Crippen LogP contribution in [0.5, 0.6) is 0 Å². The van der Waals surface area contributed by atoms with Crippen LogP contribution in [0.2, 0.25) is 0 Å².